The molecule has 0 radical (unpaired) electrons. The molecule has 1 fully saturated rings. The Morgan fingerprint density at radius 3 is 2.29 bits per heavy atom. The molecular weight excluding hydrogens is 466 g/mol. The van der Waals surface area contributed by atoms with Gasteiger partial charge in [-0.15, -0.1) is 0 Å². The first-order valence-electron chi connectivity index (χ1n) is 10.4. The molecule has 3 amide bonds. The highest BCUT2D eigenvalue weighted by molar-refractivity contribution is 6.30. The van der Waals surface area contributed by atoms with Crippen molar-refractivity contribution in [2.75, 3.05) is 25.1 Å². The second-order valence-corrected chi connectivity index (χ2v) is 7.74. The van der Waals surface area contributed by atoms with Gasteiger partial charge in [0.15, 0.2) is 6.61 Å². The molecule has 2 N–H and O–H groups in total. The lowest BCUT2D eigenvalue weighted by atomic mass is 10.1. The molecule has 0 aliphatic carbocycles. The predicted octanol–water partition coefficient (Wildman–Crippen LogP) is 2.19. The number of esters is 2. The first-order valence-corrected chi connectivity index (χ1v) is 10.7. The molecule has 0 saturated carbocycles. The highest BCUT2D eigenvalue weighted by Gasteiger charge is 2.36. The normalized spacial score (nSPS) is 14.9. The molecule has 0 aromatic heterocycles. The van der Waals surface area contributed by atoms with Gasteiger partial charge in [0.2, 0.25) is 5.91 Å². The van der Waals surface area contributed by atoms with Crippen LogP contribution >= 0.6 is 11.6 Å². The van der Waals surface area contributed by atoms with Crippen LogP contribution in [-0.4, -0.2) is 54.4 Å². The van der Waals surface area contributed by atoms with Crippen LogP contribution in [0, 0.1) is 5.92 Å². The second-order valence-electron chi connectivity index (χ2n) is 7.31. The summed E-state index contributed by atoms with van der Waals surface area (Å²) >= 11 is 5.80. The number of carbonyl (C=O) groups is 5. The molecular formula is C23H22ClN3O7. The summed E-state index contributed by atoms with van der Waals surface area (Å²) in [6.07, 6.45) is -0.156. The van der Waals surface area contributed by atoms with Crippen molar-refractivity contribution in [2.24, 2.45) is 5.92 Å². The van der Waals surface area contributed by atoms with E-state index in [1.54, 1.807) is 19.1 Å². The van der Waals surface area contributed by atoms with E-state index < -0.39 is 42.2 Å². The van der Waals surface area contributed by atoms with Gasteiger partial charge in [0.1, 0.15) is 0 Å². The molecule has 2 aromatic carbocycles. The minimum absolute atomic E-state index is 0.0755. The van der Waals surface area contributed by atoms with E-state index in [0.717, 1.165) is 5.01 Å². The van der Waals surface area contributed by atoms with Gasteiger partial charge in [0.05, 0.1) is 24.6 Å². The van der Waals surface area contributed by atoms with Crippen molar-refractivity contribution in [2.45, 2.75) is 13.3 Å². The van der Waals surface area contributed by atoms with Gasteiger partial charge in [-0.25, -0.2) is 4.79 Å². The molecule has 0 spiro atoms. The monoisotopic (exact) mass is 487 g/mol. The van der Waals surface area contributed by atoms with Gasteiger partial charge in [-0.3, -0.25) is 29.6 Å². The molecule has 1 saturated heterocycles. The second kappa shape index (κ2) is 11.3. The van der Waals surface area contributed by atoms with Gasteiger partial charge < -0.3 is 14.8 Å². The summed E-state index contributed by atoms with van der Waals surface area (Å²) in [5.74, 6) is -3.59. The average Bonchev–Trinajstić information content (AvgIpc) is 3.18. The Hall–Kier alpha value is -3.92. The zero-order valence-electron chi connectivity index (χ0n) is 18.2. The van der Waals surface area contributed by atoms with Crippen LogP contribution in [0.15, 0.2) is 48.5 Å². The predicted molar refractivity (Wildman–Crippen MR) is 121 cm³/mol. The van der Waals surface area contributed by atoms with E-state index in [2.05, 4.69) is 10.7 Å². The summed E-state index contributed by atoms with van der Waals surface area (Å²) in [6.45, 7) is 1.32. The van der Waals surface area contributed by atoms with Crippen molar-refractivity contribution < 1.29 is 33.4 Å². The summed E-state index contributed by atoms with van der Waals surface area (Å²) < 4.78 is 9.91. The Balaban J connectivity index is 1.45. The Morgan fingerprint density at radius 2 is 1.65 bits per heavy atom. The van der Waals surface area contributed by atoms with Gasteiger partial charge >= 0.3 is 11.9 Å². The molecule has 34 heavy (non-hydrogen) atoms. The third-order valence-electron chi connectivity index (χ3n) is 4.83. The molecule has 1 atom stereocenters. The quantitative estimate of drug-likeness (QED) is 0.545. The lowest BCUT2D eigenvalue weighted by Gasteiger charge is -2.17. The molecule has 0 bridgehead atoms. The van der Waals surface area contributed by atoms with Crippen molar-refractivity contribution in [3.63, 3.8) is 0 Å². The zero-order valence-corrected chi connectivity index (χ0v) is 19.0. The number of hydrogen-bond acceptors (Lipinski definition) is 7. The minimum atomic E-state index is -0.824. The number of hydrazine groups is 1. The molecule has 11 heteroatoms. The summed E-state index contributed by atoms with van der Waals surface area (Å²) in [7, 11) is 0. The fourth-order valence-corrected chi connectivity index (χ4v) is 3.24. The Labute approximate surface area is 200 Å². The Morgan fingerprint density at radius 1 is 1.00 bits per heavy atom. The van der Waals surface area contributed by atoms with E-state index in [0.29, 0.717) is 21.8 Å². The number of anilines is 1. The Bertz CT molecular complexity index is 1090. The van der Waals surface area contributed by atoms with E-state index in [1.165, 1.54) is 36.4 Å². The number of rotatable bonds is 8. The van der Waals surface area contributed by atoms with Crippen LogP contribution in [-0.2, 0) is 23.9 Å². The van der Waals surface area contributed by atoms with Crippen molar-refractivity contribution in [3.8, 4) is 0 Å². The maximum Gasteiger partial charge on any atom is 0.338 e. The Kier molecular flexibility index (Phi) is 8.20. The summed E-state index contributed by atoms with van der Waals surface area (Å²) in [4.78, 5) is 60.5. The van der Waals surface area contributed by atoms with E-state index in [-0.39, 0.29) is 19.6 Å². The van der Waals surface area contributed by atoms with Crippen LogP contribution < -0.4 is 10.7 Å². The van der Waals surface area contributed by atoms with Crippen LogP contribution in [0.25, 0.3) is 0 Å². The number of ether oxygens (including phenoxy) is 2. The molecule has 10 nitrogen and oxygen atoms in total. The van der Waals surface area contributed by atoms with E-state index in [1.807, 2.05) is 0 Å². The zero-order chi connectivity index (χ0) is 24.7. The van der Waals surface area contributed by atoms with Crippen LogP contribution in [0.4, 0.5) is 5.69 Å². The van der Waals surface area contributed by atoms with E-state index in [4.69, 9.17) is 21.1 Å². The molecule has 3 rings (SSSR count). The fourth-order valence-electron chi connectivity index (χ4n) is 3.12. The third kappa shape index (κ3) is 6.55. The molecule has 1 aliphatic rings. The van der Waals surface area contributed by atoms with Crippen molar-refractivity contribution in [1.82, 2.24) is 10.4 Å². The summed E-state index contributed by atoms with van der Waals surface area (Å²) in [5.41, 5.74) is 3.49. The number of amides is 3. The fraction of sp³-hybridized carbons (Fsp3) is 0.261. The maximum absolute atomic E-state index is 12.3. The maximum atomic E-state index is 12.3. The van der Waals surface area contributed by atoms with Crippen LogP contribution in [0.2, 0.25) is 5.02 Å². The standard InChI is InChI=1S/C23H22ClN3O7/c1-2-33-22(31)15-5-9-18(10-6-15)25-19(28)13-34-23(32)16-11-20(29)27(12-16)26-21(30)14-3-7-17(24)8-4-14/h3-10,16H,2,11-13H2,1H3,(H,25,28)(H,26,30)/t16-/m0/s1. The van der Waals surface area contributed by atoms with Gasteiger partial charge in [-0.2, -0.15) is 0 Å². The van der Waals surface area contributed by atoms with Crippen LogP contribution in [0.3, 0.4) is 0 Å². The van der Waals surface area contributed by atoms with Gasteiger partial charge in [-0.1, -0.05) is 11.6 Å². The average molecular weight is 488 g/mol. The topological polar surface area (TPSA) is 131 Å². The molecule has 1 aliphatic heterocycles. The molecule has 0 unspecified atom stereocenters. The van der Waals surface area contributed by atoms with Gasteiger partial charge in [-0.05, 0) is 55.5 Å². The van der Waals surface area contributed by atoms with E-state index in [9.17, 15) is 24.0 Å². The van der Waals surface area contributed by atoms with Crippen molar-refractivity contribution in [3.05, 3.63) is 64.7 Å². The number of benzene rings is 2. The van der Waals surface area contributed by atoms with Crippen molar-refractivity contribution >= 4 is 46.9 Å². The first-order chi connectivity index (χ1) is 16.3. The van der Waals surface area contributed by atoms with E-state index >= 15 is 0 Å². The summed E-state index contributed by atoms with van der Waals surface area (Å²) in [6, 6.07) is 12.1. The number of hydrogen-bond donors (Lipinski definition) is 2. The SMILES string of the molecule is CCOC(=O)c1ccc(NC(=O)COC(=O)[C@H]2CC(=O)N(NC(=O)c3ccc(Cl)cc3)C2)cc1. The highest BCUT2D eigenvalue weighted by atomic mass is 35.5. The highest BCUT2D eigenvalue weighted by Crippen LogP contribution is 2.18. The van der Waals surface area contributed by atoms with Crippen LogP contribution in [0.5, 0.6) is 0 Å². The number of halogens is 1. The lowest BCUT2D eigenvalue weighted by molar-refractivity contribution is -0.151. The molecule has 2 aromatic rings. The summed E-state index contributed by atoms with van der Waals surface area (Å²) in [5, 5.41) is 4.06. The largest absolute Gasteiger partial charge is 0.462 e. The number of nitrogens with zero attached hydrogens (tertiary/aromatic N) is 1. The van der Waals surface area contributed by atoms with Crippen molar-refractivity contribution in [1.29, 1.82) is 0 Å². The number of carbonyl (C=O) groups excluding carboxylic acids is 5. The molecule has 1 heterocycles. The minimum Gasteiger partial charge on any atom is -0.462 e. The smallest absolute Gasteiger partial charge is 0.338 e. The number of nitrogens with one attached hydrogen (secondary N) is 2. The first kappa shape index (κ1) is 24.7. The lowest BCUT2D eigenvalue weighted by Crippen LogP contribution is -2.43. The van der Waals surface area contributed by atoms with Crippen LogP contribution in [0.1, 0.15) is 34.1 Å². The van der Waals surface area contributed by atoms with Gasteiger partial charge in [0, 0.05) is 22.7 Å². The molecule has 178 valence electrons. The van der Waals surface area contributed by atoms with Gasteiger partial charge in [0.25, 0.3) is 11.8 Å². The third-order valence-corrected chi connectivity index (χ3v) is 5.08.